The monoisotopic (exact) mass is 379 g/mol. The van der Waals surface area contributed by atoms with Crippen LogP contribution in [-0.4, -0.2) is 55.2 Å². The van der Waals surface area contributed by atoms with E-state index in [1.165, 1.54) is 5.56 Å². The highest BCUT2D eigenvalue weighted by atomic mass is 16.5. The minimum absolute atomic E-state index is 0.00124. The van der Waals surface area contributed by atoms with E-state index >= 15 is 0 Å². The number of carbonyl (C=O) groups is 1. The molecule has 2 aromatic carbocycles. The van der Waals surface area contributed by atoms with Crippen LogP contribution < -0.4 is 5.32 Å². The zero-order chi connectivity index (χ0) is 19.2. The van der Waals surface area contributed by atoms with Gasteiger partial charge in [-0.15, -0.1) is 0 Å². The smallest absolute Gasteiger partial charge is 0.317 e. The van der Waals surface area contributed by atoms with E-state index in [1.807, 2.05) is 35.2 Å². The summed E-state index contributed by atoms with van der Waals surface area (Å²) in [6, 6.07) is 20.9. The normalized spacial score (nSPS) is 19.9. The summed E-state index contributed by atoms with van der Waals surface area (Å²) in [5.41, 5.74) is 2.49. The molecule has 0 aliphatic carbocycles. The minimum Gasteiger partial charge on any atom is -0.379 e. The molecule has 148 valence electrons. The van der Waals surface area contributed by atoms with Crippen LogP contribution in [0.5, 0.6) is 0 Å². The van der Waals surface area contributed by atoms with Crippen LogP contribution in [0.15, 0.2) is 60.7 Å². The van der Waals surface area contributed by atoms with Gasteiger partial charge in [0.2, 0.25) is 0 Å². The molecule has 2 aliphatic heterocycles. The Kier molecular flexibility index (Phi) is 5.93. The van der Waals surface area contributed by atoms with Crippen LogP contribution in [0, 0.1) is 0 Å². The number of piperidine rings is 1. The molecule has 2 amide bonds. The zero-order valence-corrected chi connectivity index (χ0v) is 16.3. The number of nitrogens with one attached hydrogen (secondary N) is 1. The van der Waals surface area contributed by atoms with Crippen LogP contribution in [0.2, 0.25) is 0 Å². The number of urea groups is 1. The molecular formula is C23H29N3O2. The van der Waals surface area contributed by atoms with E-state index in [-0.39, 0.29) is 11.6 Å². The number of nitrogens with zero attached hydrogens (tertiary/aromatic N) is 2. The van der Waals surface area contributed by atoms with Gasteiger partial charge in [-0.1, -0.05) is 60.7 Å². The molecule has 2 heterocycles. The van der Waals surface area contributed by atoms with E-state index < -0.39 is 0 Å². The fourth-order valence-corrected chi connectivity index (χ4v) is 4.49. The van der Waals surface area contributed by atoms with Gasteiger partial charge in [0.15, 0.2) is 0 Å². The van der Waals surface area contributed by atoms with Crippen molar-refractivity contribution in [3.05, 3.63) is 71.8 Å². The molecule has 5 nitrogen and oxygen atoms in total. The number of likely N-dealkylation sites (tertiary alicyclic amines) is 1. The first-order valence-corrected chi connectivity index (χ1v) is 10.2. The Labute approximate surface area is 167 Å². The summed E-state index contributed by atoms with van der Waals surface area (Å²) in [7, 11) is 0. The summed E-state index contributed by atoms with van der Waals surface area (Å²) >= 11 is 0. The Morgan fingerprint density at radius 2 is 1.50 bits per heavy atom. The van der Waals surface area contributed by atoms with E-state index in [2.05, 4.69) is 40.5 Å². The Hall–Kier alpha value is -2.37. The summed E-state index contributed by atoms with van der Waals surface area (Å²) in [6.07, 6.45) is 1.91. The number of hydrogen-bond donors (Lipinski definition) is 1. The lowest BCUT2D eigenvalue weighted by molar-refractivity contribution is -0.0468. The third kappa shape index (κ3) is 4.05. The molecule has 4 rings (SSSR count). The number of benzene rings is 2. The number of carbonyl (C=O) groups excluding carboxylic acids is 1. The first kappa shape index (κ1) is 19.0. The van der Waals surface area contributed by atoms with Crippen LogP contribution in [0.25, 0.3) is 0 Å². The van der Waals surface area contributed by atoms with Gasteiger partial charge in [0, 0.05) is 38.3 Å². The fraction of sp³-hybridized carbons (Fsp3) is 0.435. The van der Waals surface area contributed by atoms with Gasteiger partial charge in [-0.05, 0) is 24.0 Å². The second-order valence-electron chi connectivity index (χ2n) is 7.63. The van der Waals surface area contributed by atoms with Crippen LogP contribution in [0.1, 0.15) is 24.0 Å². The van der Waals surface area contributed by atoms with Gasteiger partial charge in [0.1, 0.15) is 0 Å². The van der Waals surface area contributed by atoms with E-state index in [0.29, 0.717) is 6.54 Å². The highest BCUT2D eigenvalue weighted by Crippen LogP contribution is 2.39. The lowest BCUT2D eigenvalue weighted by Crippen LogP contribution is -2.57. The molecule has 0 spiro atoms. The van der Waals surface area contributed by atoms with Gasteiger partial charge in [-0.3, -0.25) is 4.90 Å². The van der Waals surface area contributed by atoms with Crippen molar-refractivity contribution >= 4 is 6.03 Å². The van der Waals surface area contributed by atoms with Crippen molar-refractivity contribution in [2.75, 3.05) is 39.4 Å². The maximum atomic E-state index is 12.7. The summed E-state index contributed by atoms with van der Waals surface area (Å²) in [4.78, 5) is 17.2. The minimum atomic E-state index is 0.00124. The van der Waals surface area contributed by atoms with Gasteiger partial charge < -0.3 is 15.0 Å². The largest absolute Gasteiger partial charge is 0.379 e. The standard InChI is InChI=1S/C23H29N3O2/c27-22(24-19-20-7-3-1-4-8-20)25-13-11-23(12-14-25,21-9-5-2-6-10-21)26-15-17-28-18-16-26/h1-10H,11-19H2,(H,24,27). The van der Waals surface area contributed by atoms with E-state index in [9.17, 15) is 4.79 Å². The molecule has 0 unspecified atom stereocenters. The predicted octanol–water partition coefficient (Wildman–Crippen LogP) is 3.22. The molecule has 28 heavy (non-hydrogen) atoms. The third-order valence-corrected chi connectivity index (χ3v) is 6.09. The van der Waals surface area contributed by atoms with E-state index in [4.69, 9.17) is 4.74 Å². The number of hydrogen-bond acceptors (Lipinski definition) is 3. The van der Waals surface area contributed by atoms with Crippen molar-refractivity contribution in [2.24, 2.45) is 0 Å². The average Bonchev–Trinajstić information content (AvgIpc) is 2.79. The van der Waals surface area contributed by atoms with Gasteiger partial charge in [0.05, 0.1) is 13.2 Å². The molecule has 0 bridgehead atoms. The number of amides is 2. The molecule has 2 aliphatic rings. The van der Waals surface area contributed by atoms with Crippen molar-refractivity contribution in [2.45, 2.75) is 24.9 Å². The van der Waals surface area contributed by atoms with Gasteiger partial charge in [-0.25, -0.2) is 4.79 Å². The van der Waals surface area contributed by atoms with E-state index in [0.717, 1.165) is 57.8 Å². The molecule has 2 aromatic rings. The Bertz CT molecular complexity index is 752. The van der Waals surface area contributed by atoms with Gasteiger partial charge in [0.25, 0.3) is 0 Å². The highest BCUT2D eigenvalue weighted by Gasteiger charge is 2.42. The predicted molar refractivity (Wildman–Crippen MR) is 110 cm³/mol. The number of ether oxygens (including phenoxy) is 1. The molecule has 2 fully saturated rings. The van der Waals surface area contributed by atoms with Gasteiger partial charge >= 0.3 is 6.03 Å². The summed E-state index contributed by atoms with van der Waals surface area (Å²) in [5.74, 6) is 0. The highest BCUT2D eigenvalue weighted by molar-refractivity contribution is 5.74. The maximum Gasteiger partial charge on any atom is 0.317 e. The Balaban J connectivity index is 1.42. The van der Waals surface area contributed by atoms with Crippen LogP contribution in [0.3, 0.4) is 0 Å². The first-order valence-electron chi connectivity index (χ1n) is 10.2. The molecular weight excluding hydrogens is 350 g/mol. The molecule has 0 atom stereocenters. The Morgan fingerprint density at radius 1 is 0.893 bits per heavy atom. The van der Waals surface area contributed by atoms with Crippen LogP contribution in [0.4, 0.5) is 4.79 Å². The lowest BCUT2D eigenvalue weighted by atomic mass is 9.79. The number of morpholine rings is 1. The first-order chi connectivity index (χ1) is 13.8. The quantitative estimate of drug-likeness (QED) is 0.887. The zero-order valence-electron chi connectivity index (χ0n) is 16.3. The Morgan fingerprint density at radius 3 is 2.14 bits per heavy atom. The van der Waals surface area contributed by atoms with Crippen LogP contribution in [-0.2, 0) is 16.8 Å². The second kappa shape index (κ2) is 8.76. The SMILES string of the molecule is O=C(NCc1ccccc1)N1CCC(c2ccccc2)(N2CCOCC2)CC1. The van der Waals surface area contributed by atoms with Crippen molar-refractivity contribution in [3.63, 3.8) is 0 Å². The molecule has 5 heteroatoms. The summed E-state index contributed by atoms with van der Waals surface area (Å²) < 4.78 is 5.59. The fourth-order valence-electron chi connectivity index (χ4n) is 4.49. The molecule has 0 aromatic heterocycles. The number of rotatable bonds is 4. The third-order valence-electron chi connectivity index (χ3n) is 6.09. The average molecular weight is 380 g/mol. The maximum absolute atomic E-state index is 12.7. The second-order valence-corrected chi connectivity index (χ2v) is 7.63. The van der Waals surface area contributed by atoms with E-state index in [1.54, 1.807) is 0 Å². The molecule has 1 N–H and O–H groups in total. The van der Waals surface area contributed by atoms with Crippen molar-refractivity contribution in [1.29, 1.82) is 0 Å². The van der Waals surface area contributed by atoms with Gasteiger partial charge in [-0.2, -0.15) is 0 Å². The topological polar surface area (TPSA) is 44.8 Å². The van der Waals surface area contributed by atoms with Crippen molar-refractivity contribution in [3.8, 4) is 0 Å². The van der Waals surface area contributed by atoms with Crippen molar-refractivity contribution < 1.29 is 9.53 Å². The molecule has 0 saturated carbocycles. The lowest BCUT2D eigenvalue weighted by Gasteiger charge is -2.50. The summed E-state index contributed by atoms with van der Waals surface area (Å²) in [5, 5.41) is 3.07. The molecule has 0 radical (unpaired) electrons. The van der Waals surface area contributed by atoms with Crippen LogP contribution >= 0.6 is 0 Å². The summed E-state index contributed by atoms with van der Waals surface area (Å²) in [6.45, 7) is 5.60. The van der Waals surface area contributed by atoms with Crippen molar-refractivity contribution in [1.82, 2.24) is 15.1 Å². The molecule has 2 saturated heterocycles.